The normalized spacial score (nSPS) is 16.8. The summed E-state index contributed by atoms with van der Waals surface area (Å²) in [7, 11) is -3.52. The maximum atomic E-state index is 12.8. The first-order chi connectivity index (χ1) is 11.5. The van der Waals surface area contributed by atoms with Crippen molar-refractivity contribution >= 4 is 15.9 Å². The predicted octanol–water partition coefficient (Wildman–Crippen LogP) is 1.86. The number of sulfonamides is 1. The van der Waals surface area contributed by atoms with Gasteiger partial charge in [0, 0.05) is 38.6 Å². The smallest absolute Gasteiger partial charge is 0.255 e. The van der Waals surface area contributed by atoms with Crippen molar-refractivity contribution < 1.29 is 13.2 Å². The summed E-state index contributed by atoms with van der Waals surface area (Å²) in [5.41, 5.74) is 1.62. The van der Waals surface area contributed by atoms with Crippen molar-refractivity contribution in [1.82, 2.24) is 14.2 Å². The van der Waals surface area contributed by atoms with E-state index in [4.69, 9.17) is 0 Å². The summed E-state index contributed by atoms with van der Waals surface area (Å²) >= 11 is 0. The number of rotatable bonds is 3. The van der Waals surface area contributed by atoms with E-state index in [2.05, 4.69) is 4.98 Å². The summed E-state index contributed by atoms with van der Waals surface area (Å²) < 4.78 is 27.0. The van der Waals surface area contributed by atoms with Gasteiger partial charge in [-0.25, -0.2) is 8.42 Å². The lowest BCUT2D eigenvalue weighted by atomic mass is 10.2. The van der Waals surface area contributed by atoms with Crippen molar-refractivity contribution in [2.75, 3.05) is 26.2 Å². The van der Waals surface area contributed by atoms with Crippen molar-refractivity contribution in [1.29, 1.82) is 0 Å². The van der Waals surface area contributed by atoms with E-state index in [1.807, 2.05) is 6.92 Å². The van der Waals surface area contributed by atoms with Crippen molar-refractivity contribution in [2.45, 2.75) is 18.2 Å². The Morgan fingerprint density at radius 3 is 2.46 bits per heavy atom. The SMILES string of the molecule is Cc1ccc(S(=O)(=O)N2CCCN(C(=O)c3cc[nH]c3)CC2)cc1. The standard InChI is InChI=1S/C17H21N3O3S/c1-14-3-5-16(6-4-14)24(22,23)20-10-2-9-19(11-12-20)17(21)15-7-8-18-13-15/h3-8,13,18H,2,9-12H2,1H3. The molecule has 0 atom stereocenters. The van der Waals surface area contributed by atoms with Gasteiger partial charge in [-0.05, 0) is 31.5 Å². The van der Waals surface area contributed by atoms with Gasteiger partial charge < -0.3 is 9.88 Å². The number of nitrogens with zero attached hydrogens (tertiary/aromatic N) is 2. The first kappa shape index (κ1) is 16.7. The Morgan fingerprint density at radius 2 is 1.79 bits per heavy atom. The van der Waals surface area contributed by atoms with Crippen LogP contribution in [0.2, 0.25) is 0 Å². The van der Waals surface area contributed by atoms with Crippen LogP contribution in [-0.4, -0.2) is 54.7 Å². The highest BCUT2D eigenvalue weighted by molar-refractivity contribution is 7.89. The van der Waals surface area contributed by atoms with Crippen molar-refractivity contribution in [2.24, 2.45) is 0 Å². The lowest BCUT2D eigenvalue weighted by Crippen LogP contribution is -2.37. The molecular formula is C17H21N3O3S. The van der Waals surface area contributed by atoms with Gasteiger partial charge >= 0.3 is 0 Å². The number of carbonyl (C=O) groups excluding carboxylic acids is 1. The number of amides is 1. The number of hydrogen-bond donors (Lipinski definition) is 1. The number of carbonyl (C=O) groups is 1. The minimum atomic E-state index is -3.52. The van der Waals surface area contributed by atoms with E-state index in [1.165, 1.54) is 4.31 Å². The highest BCUT2D eigenvalue weighted by Gasteiger charge is 2.28. The van der Waals surface area contributed by atoms with Gasteiger partial charge in [0.1, 0.15) is 0 Å². The molecule has 2 heterocycles. The highest BCUT2D eigenvalue weighted by atomic mass is 32.2. The number of hydrogen-bond acceptors (Lipinski definition) is 3. The van der Waals surface area contributed by atoms with Crippen LogP contribution in [0.1, 0.15) is 22.3 Å². The molecule has 3 rings (SSSR count). The maximum absolute atomic E-state index is 12.8. The van der Waals surface area contributed by atoms with Crippen molar-refractivity contribution in [3.63, 3.8) is 0 Å². The second kappa shape index (κ2) is 6.78. The zero-order chi connectivity index (χ0) is 17.2. The Bertz CT molecular complexity index is 798. The lowest BCUT2D eigenvalue weighted by molar-refractivity contribution is 0.0764. The molecule has 0 radical (unpaired) electrons. The Hall–Kier alpha value is -2.12. The third-order valence-electron chi connectivity index (χ3n) is 4.25. The van der Waals surface area contributed by atoms with E-state index < -0.39 is 10.0 Å². The van der Waals surface area contributed by atoms with Crippen LogP contribution in [0.5, 0.6) is 0 Å². The lowest BCUT2D eigenvalue weighted by Gasteiger charge is -2.21. The number of H-pyrrole nitrogens is 1. The van der Waals surface area contributed by atoms with Crippen LogP contribution in [0.3, 0.4) is 0 Å². The van der Waals surface area contributed by atoms with Crippen LogP contribution in [-0.2, 0) is 10.0 Å². The fourth-order valence-corrected chi connectivity index (χ4v) is 4.31. The number of nitrogens with one attached hydrogen (secondary N) is 1. The first-order valence-electron chi connectivity index (χ1n) is 7.97. The number of aryl methyl sites for hydroxylation is 1. The van der Waals surface area contributed by atoms with Gasteiger partial charge in [0.15, 0.2) is 0 Å². The molecule has 1 N–H and O–H groups in total. The van der Waals surface area contributed by atoms with Gasteiger partial charge in [0.05, 0.1) is 10.5 Å². The monoisotopic (exact) mass is 347 g/mol. The molecule has 0 unspecified atom stereocenters. The second-order valence-corrected chi connectivity index (χ2v) is 7.90. The molecular weight excluding hydrogens is 326 g/mol. The average Bonchev–Trinajstić information content (AvgIpc) is 2.98. The molecule has 0 spiro atoms. The van der Waals surface area contributed by atoms with Crippen LogP contribution in [0, 0.1) is 6.92 Å². The Labute approximate surface area is 142 Å². The topological polar surface area (TPSA) is 73.5 Å². The molecule has 7 heteroatoms. The van der Waals surface area contributed by atoms with Crippen LogP contribution >= 0.6 is 0 Å². The highest BCUT2D eigenvalue weighted by Crippen LogP contribution is 2.19. The molecule has 24 heavy (non-hydrogen) atoms. The van der Waals surface area contributed by atoms with Crippen LogP contribution in [0.25, 0.3) is 0 Å². The molecule has 0 aliphatic carbocycles. The van der Waals surface area contributed by atoms with Gasteiger partial charge in [-0.2, -0.15) is 4.31 Å². The van der Waals surface area contributed by atoms with Crippen molar-refractivity contribution in [3.8, 4) is 0 Å². The maximum Gasteiger partial charge on any atom is 0.255 e. The van der Waals surface area contributed by atoms with E-state index in [9.17, 15) is 13.2 Å². The number of aromatic amines is 1. The molecule has 1 amide bonds. The molecule has 128 valence electrons. The third kappa shape index (κ3) is 3.37. The Balaban J connectivity index is 1.73. The molecule has 1 saturated heterocycles. The fraction of sp³-hybridized carbons (Fsp3) is 0.353. The largest absolute Gasteiger partial charge is 0.367 e. The zero-order valence-corrected chi connectivity index (χ0v) is 14.4. The molecule has 1 fully saturated rings. The molecule has 6 nitrogen and oxygen atoms in total. The molecule has 1 aromatic carbocycles. The van der Waals surface area contributed by atoms with Crippen LogP contribution in [0.15, 0.2) is 47.6 Å². The minimum absolute atomic E-state index is 0.0640. The number of benzene rings is 1. The summed E-state index contributed by atoms with van der Waals surface area (Å²) in [4.78, 5) is 17.3. The van der Waals surface area contributed by atoms with E-state index in [-0.39, 0.29) is 5.91 Å². The fourth-order valence-electron chi connectivity index (χ4n) is 2.84. The van der Waals surface area contributed by atoms with Crippen molar-refractivity contribution in [3.05, 3.63) is 53.9 Å². The summed E-state index contributed by atoms with van der Waals surface area (Å²) in [5, 5.41) is 0. The van der Waals surface area contributed by atoms with Gasteiger partial charge in [0.25, 0.3) is 5.91 Å². The van der Waals surface area contributed by atoms with E-state index in [1.54, 1.807) is 47.6 Å². The Kier molecular flexibility index (Phi) is 4.73. The second-order valence-electron chi connectivity index (χ2n) is 5.96. The zero-order valence-electron chi connectivity index (χ0n) is 13.6. The van der Waals surface area contributed by atoms with E-state index >= 15 is 0 Å². The Morgan fingerprint density at radius 1 is 1.04 bits per heavy atom. The molecule has 1 aliphatic rings. The van der Waals surface area contributed by atoms with Gasteiger partial charge in [-0.15, -0.1) is 0 Å². The minimum Gasteiger partial charge on any atom is -0.367 e. The number of aromatic nitrogens is 1. The molecule has 0 saturated carbocycles. The molecule has 1 aromatic heterocycles. The van der Waals surface area contributed by atoms with E-state index in [0.29, 0.717) is 43.1 Å². The van der Waals surface area contributed by atoms with Crippen LogP contribution in [0.4, 0.5) is 0 Å². The third-order valence-corrected chi connectivity index (χ3v) is 6.16. The van der Waals surface area contributed by atoms with Gasteiger partial charge in [-0.3, -0.25) is 4.79 Å². The molecule has 1 aliphatic heterocycles. The van der Waals surface area contributed by atoms with Crippen LogP contribution < -0.4 is 0 Å². The average molecular weight is 347 g/mol. The quantitative estimate of drug-likeness (QED) is 0.921. The molecule has 2 aromatic rings. The summed E-state index contributed by atoms with van der Waals surface area (Å²) in [6, 6.07) is 8.60. The summed E-state index contributed by atoms with van der Waals surface area (Å²) in [5.74, 6) is -0.0640. The summed E-state index contributed by atoms with van der Waals surface area (Å²) in [6.45, 7) is 3.62. The first-order valence-corrected chi connectivity index (χ1v) is 9.41. The van der Waals surface area contributed by atoms with Gasteiger partial charge in [-0.1, -0.05) is 17.7 Å². The predicted molar refractivity (Wildman–Crippen MR) is 91.3 cm³/mol. The molecule has 0 bridgehead atoms. The summed E-state index contributed by atoms with van der Waals surface area (Å²) in [6.07, 6.45) is 3.99. The van der Waals surface area contributed by atoms with Gasteiger partial charge in [0.2, 0.25) is 10.0 Å². The van der Waals surface area contributed by atoms with E-state index in [0.717, 1.165) is 5.56 Å².